The second-order valence-corrected chi connectivity index (χ2v) is 4.38. The molecule has 0 unspecified atom stereocenters. The molecule has 1 fully saturated rings. The SMILES string of the molecule is CNC(=O)NC[C@H]1CCCN1C(=O)OC(C)C. The number of hydrogen-bond donors (Lipinski definition) is 2. The summed E-state index contributed by atoms with van der Waals surface area (Å²) in [6, 6.07) is -0.187. The summed E-state index contributed by atoms with van der Waals surface area (Å²) in [7, 11) is 1.56. The van der Waals surface area contributed by atoms with E-state index >= 15 is 0 Å². The minimum absolute atomic E-state index is 0.0403. The second-order valence-electron chi connectivity index (χ2n) is 4.38. The van der Waals surface area contributed by atoms with Crippen LogP contribution in [0.5, 0.6) is 0 Å². The first-order chi connectivity index (χ1) is 8.04. The zero-order valence-corrected chi connectivity index (χ0v) is 10.7. The van der Waals surface area contributed by atoms with Crippen LogP contribution in [-0.2, 0) is 4.74 Å². The molecular weight excluding hydrogens is 222 g/mol. The number of nitrogens with zero attached hydrogens (tertiary/aromatic N) is 1. The molecule has 1 atom stereocenters. The minimum Gasteiger partial charge on any atom is -0.447 e. The third-order valence-electron chi connectivity index (χ3n) is 2.67. The van der Waals surface area contributed by atoms with Crippen LogP contribution in [-0.4, -0.2) is 49.3 Å². The van der Waals surface area contributed by atoms with Crippen LogP contribution in [0.25, 0.3) is 0 Å². The Labute approximate surface area is 102 Å². The number of amides is 3. The summed E-state index contributed by atoms with van der Waals surface area (Å²) in [5.74, 6) is 0. The van der Waals surface area contributed by atoms with E-state index < -0.39 is 0 Å². The predicted octanol–water partition coefficient (Wildman–Crippen LogP) is 0.925. The van der Waals surface area contributed by atoms with Crippen LogP contribution in [0.15, 0.2) is 0 Å². The van der Waals surface area contributed by atoms with Crippen LogP contribution in [0.1, 0.15) is 26.7 Å². The minimum atomic E-state index is -0.291. The summed E-state index contributed by atoms with van der Waals surface area (Å²) in [5.41, 5.74) is 0. The van der Waals surface area contributed by atoms with E-state index in [1.165, 1.54) is 0 Å². The van der Waals surface area contributed by atoms with Gasteiger partial charge in [0.2, 0.25) is 0 Å². The van der Waals surface area contributed by atoms with E-state index in [0.717, 1.165) is 12.8 Å². The Balaban J connectivity index is 2.43. The van der Waals surface area contributed by atoms with Gasteiger partial charge in [-0.05, 0) is 26.7 Å². The molecule has 1 heterocycles. The van der Waals surface area contributed by atoms with Gasteiger partial charge in [-0.1, -0.05) is 0 Å². The van der Waals surface area contributed by atoms with Gasteiger partial charge >= 0.3 is 12.1 Å². The van der Waals surface area contributed by atoms with E-state index in [2.05, 4.69) is 10.6 Å². The highest BCUT2D eigenvalue weighted by Gasteiger charge is 2.30. The fourth-order valence-corrected chi connectivity index (χ4v) is 1.86. The van der Waals surface area contributed by atoms with Crippen molar-refractivity contribution in [2.24, 2.45) is 0 Å². The van der Waals surface area contributed by atoms with Gasteiger partial charge in [-0.15, -0.1) is 0 Å². The van der Waals surface area contributed by atoms with Gasteiger partial charge in [-0.25, -0.2) is 9.59 Å². The molecule has 0 spiro atoms. The summed E-state index contributed by atoms with van der Waals surface area (Å²) in [6.45, 7) is 4.82. The molecule has 2 N–H and O–H groups in total. The van der Waals surface area contributed by atoms with Crippen molar-refractivity contribution in [1.82, 2.24) is 15.5 Å². The summed E-state index contributed by atoms with van der Waals surface area (Å²) < 4.78 is 5.16. The van der Waals surface area contributed by atoms with Crippen LogP contribution in [0, 0.1) is 0 Å². The van der Waals surface area contributed by atoms with Gasteiger partial charge in [-0.3, -0.25) is 0 Å². The summed E-state index contributed by atoms with van der Waals surface area (Å²) in [6.07, 6.45) is 1.45. The highest BCUT2D eigenvalue weighted by atomic mass is 16.6. The Bertz CT molecular complexity index is 281. The maximum atomic E-state index is 11.8. The van der Waals surface area contributed by atoms with Crippen molar-refractivity contribution in [2.45, 2.75) is 38.8 Å². The van der Waals surface area contributed by atoms with Gasteiger partial charge in [-0.2, -0.15) is 0 Å². The molecule has 6 heteroatoms. The topological polar surface area (TPSA) is 70.7 Å². The molecule has 98 valence electrons. The lowest BCUT2D eigenvalue weighted by molar-refractivity contribution is 0.0733. The highest BCUT2D eigenvalue weighted by Crippen LogP contribution is 2.18. The number of hydrogen-bond acceptors (Lipinski definition) is 3. The third kappa shape index (κ3) is 4.13. The molecule has 1 saturated heterocycles. The van der Waals surface area contributed by atoms with E-state index in [-0.39, 0.29) is 24.3 Å². The summed E-state index contributed by atoms with van der Waals surface area (Å²) >= 11 is 0. The summed E-state index contributed by atoms with van der Waals surface area (Å²) in [5, 5.41) is 5.19. The summed E-state index contributed by atoms with van der Waals surface area (Å²) in [4.78, 5) is 24.5. The van der Waals surface area contributed by atoms with E-state index in [1.807, 2.05) is 13.8 Å². The van der Waals surface area contributed by atoms with Crippen molar-refractivity contribution < 1.29 is 14.3 Å². The molecule has 0 aromatic rings. The van der Waals surface area contributed by atoms with Crippen LogP contribution < -0.4 is 10.6 Å². The largest absolute Gasteiger partial charge is 0.447 e. The highest BCUT2D eigenvalue weighted by molar-refractivity contribution is 5.73. The Kier molecular flexibility index (Phi) is 5.06. The smallest absolute Gasteiger partial charge is 0.410 e. The van der Waals surface area contributed by atoms with Crippen molar-refractivity contribution in [3.8, 4) is 0 Å². The van der Waals surface area contributed by atoms with Gasteiger partial charge in [0, 0.05) is 20.1 Å². The normalized spacial score (nSPS) is 19.3. The molecule has 0 aliphatic carbocycles. The number of likely N-dealkylation sites (tertiary alicyclic amines) is 1. The Morgan fingerprint density at radius 3 is 2.76 bits per heavy atom. The first kappa shape index (κ1) is 13.6. The third-order valence-corrected chi connectivity index (χ3v) is 2.67. The molecule has 1 aliphatic heterocycles. The second kappa shape index (κ2) is 6.32. The molecule has 0 saturated carbocycles. The average Bonchev–Trinajstić information content (AvgIpc) is 2.73. The van der Waals surface area contributed by atoms with Gasteiger partial charge in [0.05, 0.1) is 12.1 Å². The van der Waals surface area contributed by atoms with Crippen molar-refractivity contribution >= 4 is 12.1 Å². The van der Waals surface area contributed by atoms with Crippen LogP contribution in [0.2, 0.25) is 0 Å². The van der Waals surface area contributed by atoms with Crippen LogP contribution in [0.3, 0.4) is 0 Å². The number of nitrogens with one attached hydrogen (secondary N) is 2. The first-order valence-electron chi connectivity index (χ1n) is 5.97. The lowest BCUT2D eigenvalue weighted by Gasteiger charge is -2.25. The number of ether oxygens (including phenoxy) is 1. The molecule has 6 nitrogen and oxygen atoms in total. The molecule has 3 amide bonds. The number of rotatable bonds is 3. The quantitative estimate of drug-likeness (QED) is 0.774. The number of carbonyl (C=O) groups is 2. The lowest BCUT2D eigenvalue weighted by atomic mass is 10.2. The fraction of sp³-hybridized carbons (Fsp3) is 0.818. The first-order valence-corrected chi connectivity index (χ1v) is 5.97. The van der Waals surface area contributed by atoms with Crippen molar-refractivity contribution in [2.75, 3.05) is 20.1 Å². The zero-order valence-electron chi connectivity index (χ0n) is 10.7. The number of carbonyl (C=O) groups excluding carboxylic acids is 2. The van der Waals surface area contributed by atoms with E-state index in [9.17, 15) is 9.59 Å². The van der Waals surface area contributed by atoms with Crippen molar-refractivity contribution in [1.29, 1.82) is 0 Å². The van der Waals surface area contributed by atoms with Gasteiger partial charge in [0.25, 0.3) is 0 Å². The van der Waals surface area contributed by atoms with Gasteiger partial charge < -0.3 is 20.3 Å². The molecule has 0 radical (unpaired) electrons. The Morgan fingerprint density at radius 1 is 1.47 bits per heavy atom. The fourth-order valence-electron chi connectivity index (χ4n) is 1.86. The molecular formula is C11H21N3O3. The van der Waals surface area contributed by atoms with E-state index in [4.69, 9.17) is 4.74 Å². The Morgan fingerprint density at radius 2 is 2.18 bits per heavy atom. The van der Waals surface area contributed by atoms with Gasteiger partial charge in [0.1, 0.15) is 0 Å². The zero-order chi connectivity index (χ0) is 12.8. The molecule has 1 aliphatic rings. The monoisotopic (exact) mass is 243 g/mol. The van der Waals surface area contributed by atoms with E-state index in [1.54, 1.807) is 11.9 Å². The van der Waals surface area contributed by atoms with Crippen molar-refractivity contribution in [3.63, 3.8) is 0 Å². The maximum Gasteiger partial charge on any atom is 0.410 e. The number of urea groups is 1. The predicted molar refractivity (Wildman–Crippen MR) is 63.8 cm³/mol. The lowest BCUT2D eigenvalue weighted by Crippen LogP contribution is -2.45. The standard InChI is InChI=1S/C11H21N3O3/c1-8(2)17-11(16)14-6-4-5-9(14)7-13-10(15)12-3/h8-9H,4-7H2,1-3H3,(H2,12,13,15)/t9-/m1/s1. The van der Waals surface area contributed by atoms with E-state index in [0.29, 0.717) is 13.1 Å². The maximum absolute atomic E-state index is 11.8. The average molecular weight is 243 g/mol. The Hall–Kier alpha value is -1.46. The van der Waals surface area contributed by atoms with Crippen LogP contribution in [0.4, 0.5) is 9.59 Å². The van der Waals surface area contributed by atoms with Crippen LogP contribution >= 0.6 is 0 Å². The molecule has 0 aromatic heterocycles. The molecule has 0 bridgehead atoms. The van der Waals surface area contributed by atoms with Gasteiger partial charge in [0.15, 0.2) is 0 Å². The molecule has 17 heavy (non-hydrogen) atoms. The molecule has 1 rings (SSSR count). The molecule has 0 aromatic carbocycles. The van der Waals surface area contributed by atoms with Crippen molar-refractivity contribution in [3.05, 3.63) is 0 Å².